The van der Waals surface area contributed by atoms with Gasteiger partial charge >= 0.3 is 0 Å². The van der Waals surface area contributed by atoms with Crippen molar-refractivity contribution in [1.82, 2.24) is 9.55 Å². The Bertz CT molecular complexity index is 505. The van der Waals surface area contributed by atoms with E-state index in [9.17, 15) is 0 Å². The van der Waals surface area contributed by atoms with E-state index < -0.39 is 0 Å². The first-order valence-corrected chi connectivity index (χ1v) is 5.46. The van der Waals surface area contributed by atoms with E-state index in [0.29, 0.717) is 5.02 Å². The molecule has 1 atom stereocenters. The predicted molar refractivity (Wildman–Crippen MR) is 65.4 cm³/mol. The molecule has 0 amide bonds. The molecular formula is C12H14ClN3. The Labute approximate surface area is 99.9 Å². The summed E-state index contributed by atoms with van der Waals surface area (Å²) < 4.78 is 1.92. The topological polar surface area (TPSA) is 43.8 Å². The fourth-order valence-electron chi connectivity index (χ4n) is 1.76. The minimum Gasteiger partial charge on any atom is -0.336 e. The van der Waals surface area contributed by atoms with Crippen LogP contribution in [0.2, 0.25) is 5.02 Å². The third kappa shape index (κ3) is 1.96. The summed E-state index contributed by atoms with van der Waals surface area (Å²) in [7, 11) is 1.93. The summed E-state index contributed by atoms with van der Waals surface area (Å²) >= 11 is 5.98. The third-order valence-electron chi connectivity index (χ3n) is 2.71. The van der Waals surface area contributed by atoms with Crippen molar-refractivity contribution in [1.29, 1.82) is 0 Å². The van der Waals surface area contributed by atoms with Crippen LogP contribution in [0.1, 0.15) is 23.0 Å². The molecule has 2 rings (SSSR count). The number of aryl methyl sites for hydroxylation is 2. The Kier molecular flexibility index (Phi) is 2.99. The van der Waals surface area contributed by atoms with Gasteiger partial charge in [0.1, 0.15) is 5.82 Å². The van der Waals surface area contributed by atoms with Gasteiger partial charge in [0.2, 0.25) is 0 Å². The Morgan fingerprint density at radius 1 is 1.44 bits per heavy atom. The van der Waals surface area contributed by atoms with Gasteiger partial charge in [0.25, 0.3) is 0 Å². The van der Waals surface area contributed by atoms with Crippen LogP contribution in [0.4, 0.5) is 0 Å². The molecule has 0 saturated heterocycles. The van der Waals surface area contributed by atoms with E-state index >= 15 is 0 Å². The largest absolute Gasteiger partial charge is 0.336 e. The van der Waals surface area contributed by atoms with Crippen molar-refractivity contribution in [3.8, 4) is 0 Å². The van der Waals surface area contributed by atoms with Gasteiger partial charge in [-0.05, 0) is 30.2 Å². The van der Waals surface area contributed by atoms with Gasteiger partial charge in [-0.3, -0.25) is 0 Å². The Morgan fingerprint density at radius 2 is 2.19 bits per heavy atom. The second kappa shape index (κ2) is 4.28. The lowest BCUT2D eigenvalue weighted by Crippen LogP contribution is -2.17. The molecule has 3 nitrogen and oxygen atoms in total. The van der Waals surface area contributed by atoms with Crippen molar-refractivity contribution in [3.63, 3.8) is 0 Å². The summed E-state index contributed by atoms with van der Waals surface area (Å²) in [6, 6.07) is 5.50. The quantitative estimate of drug-likeness (QED) is 0.869. The van der Waals surface area contributed by atoms with Crippen LogP contribution in [0.5, 0.6) is 0 Å². The maximum absolute atomic E-state index is 6.19. The van der Waals surface area contributed by atoms with Crippen molar-refractivity contribution in [2.24, 2.45) is 12.8 Å². The lowest BCUT2D eigenvalue weighted by molar-refractivity contribution is 0.713. The summed E-state index contributed by atoms with van der Waals surface area (Å²) in [5, 5.41) is 0.699. The molecule has 84 valence electrons. The number of halogens is 1. The smallest absolute Gasteiger partial charge is 0.129 e. The lowest BCUT2D eigenvalue weighted by atomic mass is 10.0. The van der Waals surface area contributed by atoms with Crippen LogP contribution in [0.25, 0.3) is 0 Å². The van der Waals surface area contributed by atoms with Gasteiger partial charge in [-0.15, -0.1) is 0 Å². The first-order valence-electron chi connectivity index (χ1n) is 5.08. The Balaban J connectivity index is 2.45. The molecule has 16 heavy (non-hydrogen) atoms. The van der Waals surface area contributed by atoms with Crippen LogP contribution in [-0.2, 0) is 7.05 Å². The molecule has 2 N–H and O–H groups in total. The van der Waals surface area contributed by atoms with Crippen molar-refractivity contribution in [3.05, 3.63) is 52.6 Å². The van der Waals surface area contributed by atoms with E-state index in [2.05, 4.69) is 4.98 Å². The minimum atomic E-state index is -0.237. The molecule has 0 aliphatic heterocycles. The number of aromatic nitrogens is 2. The van der Waals surface area contributed by atoms with Gasteiger partial charge < -0.3 is 10.3 Å². The van der Waals surface area contributed by atoms with Crippen LogP contribution in [-0.4, -0.2) is 9.55 Å². The van der Waals surface area contributed by atoms with Crippen molar-refractivity contribution >= 4 is 11.6 Å². The van der Waals surface area contributed by atoms with Crippen LogP contribution < -0.4 is 5.73 Å². The van der Waals surface area contributed by atoms with E-state index in [1.165, 1.54) is 0 Å². The van der Waals surface area contributed by atoms with Crippen molar-refractivity contribution in [2.45, 2.75) is 13.0 Å². The second-order valence-electron chi connectivity index (χ2n) is 3.87. The highest BCUT2D eigenvalue weighted by atomic mass is 35.5. The number of hydrogen-bond donors (Lipinski definition) is 1. The van der Waals surface area contributed by atoms with E-state index in [-0.39, 0.29) is 6.04 Å². The average Bonchev–Trinajstić information content (AvgIpc) is 2.67. The highest BCUT2D eigenvalue weighted by molar-refractivity contribution is 6.30. The van der Waals surface area contributed by atoms with Gasteiger partial charge in [-0.1, -0.05) is 17.7 Å². The molecule has 1 unspecified atom stereocenters. The van der Waals surface area contributed by atoms with Crippen LogP contribution in [0.3, 0.4) is 0 Å². The lowest BCUT2D eigenvalue weighted by Gasteiger charge is -2.14. The molecule has 0 fully saturated rings. The number of rotatable bonds is 2. The van der Waals surface area contributed by atoms with Crippen LogP contribution >= 0.6 is 11.6 Å². The van der Waals surface area contributed by atoms with E-state index in [1.54, 1.807) is 6.20 Å². The molecule has 0 radical (unpaired) electrons. The standard InChI is InChI=1S/C12H14ClN3/c1-8-3-4-9(13)7-10(8)11(14)12-15-5-6-16(12)2/h3-7,11H,14H2,1-2H3. The maximum atomic E-state index is 6.19. The van der Waals surface area contributed by atoms with Gasteiger partial charge in [-0.2, -0.15) is 0 Å². The zero-order valence-electron chi connectivity index (χ0n) is 9.31. The molecule has 2 aromatic rings. The fourth-order valence-corrected chi connectivity index (χ4v) is 1.94. The summed E-state index contributed by atoms with van der Waals surface area (Å²) in [5.41, 5.74) is 8.33. The summed E-state index contributed by atoms with van der Waals surface area (Å²) in [6.07, 6.45) is 3.63. The second-order valence-corrected chi connectivity index (χ2v) is 4.31. The third-order valence-corrected chi connectivity index (χ3v) is 2.95. The van der Waals surface area contributed by atoms with E-state index in [1.807, 2.05) is 42.9 Å². The summed E-state index contributed by atoms with van der Waals surface area (Å²) in [5.74, 6) is 0.838. The average molecular weight is 236 g/mol. The molecule has 1 aromatic heterocycles. The summed E-state index contributed by atoms with van der Waals surface area (Å²) in [6.45, 7) is 2.02. The molecule has 1 heterocycles. The molecule has 0 saturated carbocycles. The highest BCUT2D eigenvalue weighted by Crippen LogP contribution is 2.24. The van der Waals surface area contributed by atoms with Gasteiger partial charge in [0.05, 0.1) is 6.04 Å². The molecule has 0 spiro atoms. The molecule has 0 aliphatic rings. The normalized spacial score (nSPS) is 12.8. The molecule has 0 bridgehead atoms. The molecular weight excluding hydrogens is 222 g/mol. The number of nitrogens with two attached hydrogens (primary N) is 1. The van der Waals surface area contributed by atoms with Crippen molar-refractivity contribution in [2.75, 3.05) is 0 Å². The monoisotopic (exact) mass is 235 g/mol. The van der Waals surface area contributed by atoms with Crippen LogP contribution in [0.15, 0.2) is 30.6 Å². The molecule has 0 aliphatic carbocycles. The van der Waals surface area contributed by atoms with E-state index in [4.69, 9.17) is 17.3 Å². The highest BCUT2D eigenvalue weighted by Gasteiger charge is 2.15. The Hall–Kier alpha value is -1.32. The maximum Gasteiger partial charge on any atom is 0.129 e. The number of imidazole rings is 1. The molecule has 1 aromatic carbocycles. The number of hydrogen-bond acceptors (Lipinski definition) is 2. The number of nitrogens with zero attached hydrogens (tertiary/aromatic N) is 2. The van der Waals surface area contributed by atoms with Crippen LogP contribution in [0, 0.1) is 6.92 Å². The minimum absolute atomic E-state index is 0.237. The van der Waals surface area contributed by atoms with Gasteiger partial charge in [0.15, 0.2) is 0 Å². The number of benzene rings is 1. The molecule has 4 heteroatoms. The SMILES string of the molecule is Cc1ccc(Cl)cc1C(N)c1nccn1C. The van der Waals surface area contributed by atoms with E-state index in [0.717, 1.165) is 17.0 Å². The zero-order chi connectivity index (χ0) is 11.7. The van der Waals surface area contributed by atoms with Gasteiger partial charge in [0, 0.05) is 24.5 Å². The first kappa shape index (κ1) is 11.2. The zero-order valence-corrected chi connectivity index (χ0v) is 10.1. The Morgan fingerprint density at radius 3 is 2.81 bits per heavy atom. The first-order chi connectivity index (χ1) is 7.59. The summed E-state index contributed by atoms with van der Waals surface area (Å²) in [4.78, 5) is 4.26. The van der Waals surface area contributed by atoms with Crippen molar-refractivity contribution < 1.29 is 0 Å². The fraction of sp³-hybridized carbons (Fsp3) is 0.250. The van der Waals surface area contributed by atoms with Gasteiger partial charge in [-0.25, -0.2) is 4.98 Å². The predicted octanol–water partition coefficient (Wildman–Crippen LogP) is 2.43.